The molecule has 0 radical (unpaired) electrons. The van der Waals surface area contributed by atoms with Gasteiger partial charge in [-0.2, -0.15) is 0 Å². The van der Waals surface area contributed by atoms with Crippen molar-refractivity contribution >= 4 is 17.5 Å². The van der Waals surface area contributed by atoms with E-state index in [0.29, 0.717) is 36.9 Å². The van der Waals surface area contributed by atoms with E-state index in [1.54, 1.807) is 6.07 Å². The van der Waals surface area contributed by atoms with Crippen molar-refractivity contribution in [3.05, 3.63) is 29.3 Å². The third-order valence-electron chi connectivity index (χ3n) is 5.02. The molecule has 0 aromatic heterocycles. The predicted octanol–water partition coefficient (Wildman–Crippen LogP) is 1.66. The molecule has 0 saturated carbocycles. The van der Waals surface area contributed by atoms with E-state index in [1.807, 2.05) is 12.1 Å². The molecule has 6 heteroatoms. The molecular weight excluding hydrogens is 318 g/mol. The van der Waals surface area contributed by atoms with E-state index in [1.165, 1.54) is 0 Å². The average molecular weight is 345 g/mol. The molecule has 2 aliphatic rings. The zero-order valence-corrected chi connectivity index (χ0v) is 15.0. The van der Waals surface area contributed by atoms with Crippen LogP contribution in [0.4, 0.5) is 5.69 Å². The Bertz CT molecular complexity index is 639. The van der Waals surface area contributed by atoms with Crippen molar-refractivity contribution in [2.24, 2.45) is 5.92 Å². The van der Waals surface area contributed by atoms with Gasteiger partial charge >= 0.3 is 0 Å². The fourth-order valence-electron chi connectivity index (χ4n) is 3.52. The van der Waals surface area contributed by atoms with Gasteiger partial charge in [-0.25, -0.2) is 0 Å². The predicted molar refractivity (Wildman–Crippen MR) is 96.7 cm³/mol. The number of amides is 2. The van der Waals surface area contributed by atoms with Gasteiger partial charge in [0.1, 0.15) is 0 Å². The molecule has 6 nitrogen and oxygen atoms in total. The Morgan fingerprint density at radius 1 is 1.28 bits per heavy atom. The first kappa shape index (κ1) is 17.9. The number of ether oxygens (including phenoxy) is 1. The van der Waals surface area contributed by atoms with Crippen LogP contribution in [0.5, 0.6) is 0 Å². The molecule has 2 amide bonds. The molecule has 1 fully saturated rings. The summed E-state index contributed by atoms with van der Waals surface area (Å²) in [6, 6.07) is 5.80. The van der Waals surface area contributed by atoms with Crippen LogP contribution in [0.15, 0.2) is 18.2 Å². The summed E-state index contributed by atoms with van der Waals surface area (Å²) in [4.78, 5) is 26.4. The Balaban J connectivity index is 1.62. The standard InChI is InChI=1S/C19H27N3O3/c1-13(2)17(22-7-9-25-10-8-22)12-20-19(24)15-3-5-16-14(11-15)4-6-18(23)21-16/h3,5,11,13,17H,4,6-10,12H2,1-2H3,(H,20,24)(H,21,23)/t17-/m1/s1. The normalized spacial score (nSPS) is 19.2. The zero-order chi connectivity index (χ0) is 17.8. The lowest BCUT2D eigenvalue weighted by Gasteiger charge is -2.36. The monoisotopic (exact) mass is 345 g/mol. The van der Waals surface area contributed by atoms with Crippen LogP contribution in [-0.2, 0) is 16.0 Å². The molecule has 2 heterocycles. The number of hydrogen-bond donors (Lipinski definition) is 2. The highest BCUT2D eigenvalue weighted by Crippen LogP contribution is 2.23. The summed E-state index contributed by atoms with van der Waals surface area (Å²) in [6.07, 6.45) is 1.16. The lowest BCUT2D eigenvalue weighted by atomic mass is 9.99. The van der Waals surface area contributed by atoms with Crippen LogP contribution in [0.3, 0.4) is 0 Å². The summed E-state index contributed by atoms with van der Waals surface area (Å²) < 4.78 is 5.43. The number of nitrogens with one attached hydrogen (secondary N) is 2. The Morgan fingerprint density at radius 2 is 2.04 bits per heavy atom. The maximum Gasteiger partial charge on any atom is 0.251 e. The lowest BCUT2D eigenvalue weighted by molar-refractivity contribution is -0.116. The SMILES string of the molecule is CC(C)[C@@H](CNC(=O)c1ccc2c(c1)CCC(=O)N2)N1CCOCC1. The van der Waals surface area contributed by atoms with Gasteiger partial charge < -0.3 is 15.4 Å². The average Bonchev–Trinajstić information content (AvgIpc) is 2.62. The van der Waals surface area contributed by atoms with Crippen LogP contribution in [0.2, 0.25) is 0 Å². The van der Waals surface area contributed by atoms with E-state index in [0.717, 1.165) is 37.6 Å². The number of nitrogens with zero attached hydrogens (tertiary/aromatic N) is 1. The molecule has 1 aromatic rings. The topological polar surface area (TPSA) is 70.7 Å². The highest BCUT2D eigenvalue weighted by atomic mass is 16.5. The van der Waals surface area contributed by atoms with Gasteiger partial charge in [-0.1, -0.05) is 13.8 Å². The van der Waals surface area contributed by atoms with Gasteiger partial charge in [-0.15, -0.1) is 0 Å². The molecular formula is C19H27N3O3. The van der Waals surface area contributed by atoms with Crippen molar-refractivity contribution < 1.29 is 14.3 Å². The summed E-state index contributed by atoms with van der Waals surface area (Å²) >= 11 is 0. The minimum absolute atomic E-state index is 0.0370. The first-order valence-electron chi connectivity index (χ1n) is 9.07. The van der Waals surface area contributed by atoms with Gasteiger partial charge in [0, 0.05) is 43.3 Å². The van der Waals surface area contributed by atoms with E-state index >= 15 is 0 Å². The van der Waals surface area contributed by atoms with Crippen molar-refractivity contribution in [2.45, 2.75) is 32.7 Å². The number of fused-ring (bicyclic) bond motifs is 1. The molecule has 3 rings (SSSR count). The highest BCUT2D eigenvalue weighted by Gasteiger charge is 2.24. The second kappa shape index (κ2) is 7.97. The maximum absolute atomic E-state index is 12.6. The van der Waals surface area contributed by atoms with Crippen LogP contribution in [0.1, 0.15) is 36.2 Å². The van der Waals surface area contributed by atoms with E-state index in [9.17, 15) is 9.59 Å². The van der Waals surface area contributed by atoms with Gasteiger partial charge in [0.15, 0.2) is 0 Å². The second-order valence-corrected chi connectivity index (χ2v) is 7.09. The van der Waals surface area contributed by atoms with Gasteiger partial charge in [0.25, 0.3) is 5.91 Å². The van der Waals surface area contributed by atoms with Crippen LogP contribution in [0.25, 0.3) is 0 Å². The molecule has 1 aromatic carbocycles. The summed E-state index contributed by atoms with van der Waals surface area (Å²) in [5.41, 5.74) is 2.50. The van der Waals surface area contributed by atoms with Crippen molar-refractivity contribution in [1.82, 2.24) is 10.2 Å². The zero-order valence-electron chi connectivity index (χ0n) is 15.0. The van der Waals surface area contributed by atoms with Crippen LogP contribution in [-0.4, -0.2) is 55.6 Å². The second-order valence-electron chi connectivity index (χ2n) is 7.09. The van der Waals surface area contributed by atoms with E-state index in [4.69, 9.17) is 4.74 Å². The smallest absolute Gasteiger partial charge is 0.251 e. The first-order chi connectivity index (χ1) is 12.0. The number of carbonyl (C=O) groups excluding carboxylic acids is 2. The van der Waals surface area contributed by atoms with Gasteiger partial charge in [0.05, 0.1) is 13.2 Å². The first-order valence-corrected chi connectivity index (χ1v) is 9.07. The molecule has 0 unspecified atom stereocenters. The Morgan fingerprint density at radius 3 is 2.76 bits per heavy atom. The van der Waals surface area contributed by atoms with Crippen molar-refractivity contribution in [3.63, 3.8) is 0 Å². The van der Waals surface area contributed by atoms with Gasteiger partial charge in [-0.05, 0) is 36.1 Å². The minimum atomic E-state index is -0.0568. The molecule has 0 spiro atoms. The fourth-order valence-corrected chi connectivity index (χ4v) is 3.52. The van der Waals surface area contributed by atoms with Crippen LogP contribution < -0.4 is 10.6 Å². The minimum Gasteiger partial charge on any atom is -0.379 e. The molecule has 25 heavy (non-hydrogen) atoms. The van der Waals surface area contributed by atoms with Crippen molar-refractivity contribution in [2.75, 3.05) is 38.2 Å². The number of anilines is 1. The number of benzene rings is 1. The quantitative estimate of drug-likeness (QED) is 0.851. The lowest BCUT2D eigenvalue weighted by Crippen LogP contribution is -2.51. The van der Waals surface area contributed by atoms with Crippen molar-refractivity contribution in [3.8, 4) is 0 Å². The third-order valence-corrected chi connectivity index (χ3v) is 5.02. The maximum atomic E-state index is 12.6. The third kappa shape index (κ3) is 4.38. The van der Waals surface area contributed by atoms with Crippen molar-refractivity contribution in [1.29, 1.82) is 0 Å². The number of rotatable bonds is 5. The summed E-state index contributed by atoms with van der Waals surface area (Å²) in [6.45, 7) is 8.35. The molecule has 0 bridgehead atoms. The Hall–Kier alpha value is -1.92. The summed E-state index contributed by atoms with van der Waals surface area (Å²) in [7, 11) is 0. The Kier molecular flexibility index (Phi) is 5.71. The highest BCUT2D eigenvalue weighted by molar-refractivity contribution is 5.97. The number of morpholine rings is 1. The number of carbonyl (C=O) groups is 2. The molecule has 1 saturated heterocycles. The van der Waals surface area contributed by atoms with E-state index < -0.39 is 0 Å². The Labute approximate surface area is 148 Å². The molecule has 136 valence electrons. The molecule has 2 aliphatic heterocycles. The fraction of sp³-hybridized carbons (Fsp3) is 0.579. The number of aryl methyl sites for hydroxylation is 1. The van der Waals surface area contributed by atoms with E-state index in [2.05, 4.69) is 29.4 Å². The van der Waals surface area contributed by atoms with Crippen LogP contribution >= 0.6 is 0 Å². The van der Waals surface area contributed by atoms with Crippen LogP contribution in [0, 0.1) is 5.92 Å². The van der Waals surface area contributed by atoms with Gasteiger partial charge in [0.2, 0.25) is 5.91 Å². The molecule has 1 atom stereocenters. The largest absolute Gasteiger partial charge is 0.379 e. The van der Waals surface area contributed by atoms with Gasteiger partial charge in [-0.3, -0.25) is 14.5 Å². The number of hydrogen-bond acceptors (Lipinski definition) is 4. The summed E-state index contributed by atoms with van der Waals surface area (Å²) in [5, 5.41) is 5.93. The molecule has 0 aliphatic carbocycles. The van der Waals surface area contributed by atoms with E-state index in [-0.39, 0.29) is 11.8 Å². The molecule has 2 N–H and O–H groups in total. The summed E-state index contributed by atoms with van der Waals surface area (Å²) in [5.74, 6) is 0.436.